The molecule has 8 heteroatoms. The molecule has 0 saturated carbocycles. The van der Waals surface area contributed by atoms with Crippen LogP contribution >= 0.6 is 0 Å². The smallest absolute Gasteiger partial charge is 0.255 e. The van der Waals surface area contributed by atoms with Gasteiger partial charge in [0.25, 0.3) is 5.91 Å². The highest BCUT2D eigenvalue weighted by atomic mass is 32.2. The van der Waals surface area contributed by atoms with E-state index in [0.717, 1.165) is 18.4 Å². The van der Waals surface area contributed by atoms with Gasteiger partial charge in [-0.3, -0.25) is 9.10 Å². The van der Waals surface area contributed by atoms with E-state index in [1.165, 1.54) is 23.7 Å². The summed E-state index contributed by atoms with van der Waals surface area (Å²) < 4.78 is 46.7. The first kappa shape index (κ1) is 20.4. The predicted octanol–water partition coefficient (Wildman–Crippen LogP) is 4.26. The number of hydrogen-bond donors (Lipinski definition) is 1. The zero-order chi connectivity index (χ0) is 21.6. The Kier molecular flexibility index (Phi) is 5.05. The Balaban J connectivity index is 2.06. The van der Waals surface area contributed by atoms with Crippen molar-refractivity contribution in [2.24, 2.45) is 0 Å². The molecule has 1 atom stereocenters. The van der Waals surface area contributed by atoms with Gasteiger partial charge in [0.1, 0.15) is 11.4 Å². The van der Waals surface area contributed by atoms with Gasteiger partial charge in [-0.1, -0.05) is 19.1 Å². The van der Waals surface area contributed by atoms with Crippen molar-refractivity contribution in [2.75, 3.05) is 24.2 Å². The summed E-state index contributed by atoms with van der Waals surface area (Å²) in [5.41, 5.74) is 2.13. The molecule has 158 valence electrons. The molecule has 6 nitrogen and oxygen atoms in total. The lowest BCUT2D eigenvalue weighted by atomic mass is 9.93. The van der Waals surface area contributed by atoms with E-state index in [-0.39, 0.29) is 22.8 Å². The lowest BCUT2D eigenvalue weighted by molar-refractivity contribution is 0.0964. The third-order valence-electron chi connectivity index (χ3n) is 5.61. The number of anilines is 1. The SMILES string of the molecule is CNC(=O)c1c(-c2ccccc2F)oc2cc3c(cc12)C(C)CCCN3S(C)(=O)=O. The number of nitrogens with zero attached hydrogens (tertiary/aromatic N) is 1. The topological polar surface area (TPSA) is 79.6 Å². The average Bonchev–Trinajstić information content (AvgIpc) is 2.98. The maximum Gasteiger partial charge on any atom is 0.255 e. The van der Waals surface area contributed by atoms with E-state index in [1.807, 2.05) is 13.0 Å². The van der Waals surface area contributed by atoms with Gasteiger partial charge in [0.2, 0.25) is 10.0 Å². The summed E-state index contributed by atoms with van der Waals surface area (Å²) in [6.07, 6.45) is 2.73. The fourth-order valence-electron chi connectivity index (χ4n) is 4.11. The summed E-state index contributed by atoms with van der Waals surface area (Å²) in [6.45, 7) is 2.42. The molecule has 1 amide bonds. The van der Waals surface area contributed by atoms with Gasteiger partial charge in [-0.2, -0.15) is 0 Å². The summed E-state index contributed by atoms with van der Waals surface area (Å²) >= 11 is 0. The highest BCUT2D eigenvalue weighted by Crippen LogP contribution is 2.42. The van der Waals surface area contributed by atoms with Crippen LogP contribution in [0.25, 0.3) is 22.3 Å². The monoisotopic (exact) mass is 430 g/mol. The summed E-state index contributed by atoms with van der Waals surface area (Å²) in [5.74, 6) is -0.677. The second-order valence-corrected chi connectivity index (χ2v) is 9.56. The number of nitrogens with one attached hydrogen (secondary N) is 1. The molecule has 2 aromatic carbocycles. The summed E-state index contributed by atoms with van der Waals surface area (Å²) in [5, 5.41) is 3.13. The lowest BCUT2D eigenvalue weighted by Gasteiger charge is -2.23. The van der Waals surface area contributed by atoms with E-state index in [9.17, 15) is 17.6 Å². The molecule has 0 spiro atoms. The number of amides is 1. The van der Waals surface area contributed by atoms with E-state index >= 15 is 0 Å². The van der Waals surface area contributed by atoms with Gasteiger partial charge in [0.15, 0.2) is 5.76 Å². The van der Waals surface area contributed by atoms with Gasteiger partial charge in [-0.05, 0) is 42.5 Å². The maximum absolute atomic E-state index is 14.5. The first-order valence-corrected chi connectivity index (χ1v) is 11.6. The Morgan fingerprint density at radius 1 is 1.27 bits per heavy atom. The first-order chi connectivity index (χ1) is 14.2. The molecule has 1 aliphatic heterocycles. The fourth-order valence-corrected chi connectivity index (χ4v) is 5.08. The number of furan rings is 1. The van der Waals surface area contributed by atoms with Gasteiger partial charge < -0.3 is 9.73 Å². The molecule has 0 radical (unpaired) electrons. The van der Waals surface area contributed by atoms with Gasteiger partial charge >= 0.3 is 0 Å². The molecule has 0 fully saturated rings. The van der Waals surface area contributed by atoms with Crippen LogP contribution in [0.2, 0.25) is 0 Å². The molecule has 3 aromatic rings. The minimum absolute atomic E-state index is 0.0977. The lowest BCUT2D eigenvalue weighted by Crippen LogP contribution is -2.30. The molecule has 0 aliphatic carbocycles. The molecular weight excluding hydrogens is 407 g/mol. The van der Waals surface area contributed by atoms with Crippen LogP contribution in [-0.2, 0) is 10.0 Å². The number of sulfonamides is 1. The molecule has 2 heterocycles. The van der Waals surface area contributed by atoms with Crippen LogP contribution in [0.3, 0.4) is 0 Å². The van der Waals surface area contributed by atoms with E-state index in [0.29, 0.717) is 23.2 Å². The van der Waals surface area contributed by atoms with Crippen molar-refractivity contribution in [1.82, 2.24) is 5.32 Å². The predicted molar refractivity (Wildman–Crippen MR) is 115 cm³/mol. The molecule has 30 heavy (non-hydrogen) atoms. The number of fused-ring (bicyclic) bond motifs is 2. The van der Waals surface area contributed by atoms with Crippen molar-refractivity contribution in [3.05, 3.63) is 53.3 Å². The number of benzene rings is 2. The molecule has 0 bridgehead atoms. The van der Waals surface area contributed by atoms with Crippen molar-refractivity contribution in [3.63, 3.8) is 0 Å². The number of rotatable bonds is 3. The van der Waals surface area contributed by atoms with Crippen molar-refractivity contribution >= 4 is 32.6 Å². The van der Waals surface area contributed by atoms with Crippen LogP contribution in [0.4, 0.5) is 10.1 Å². The van der Waals surface area contributed by atoms with Crippen molar-refractivity contribution < 1.29 is 22.0 Å². The van der Waals surface area contributed by atoms with Crippen molar-refractivity contribution in [1.29, 1.82) is 0 Å². The van der Waals surface area contributed by atoms with Crippen LogP contribution in [0.1, 0.15) is 41.6 Å². The number of carbonyl (C=O) groups is 1. The van der Waals surface area contributed by atoms with Crippen LogP contribution < -0.4 is 9.62 Å². The minimum Gasteiger partial charge on any atom is -0.455 e. The molecular formula is C22H23FN2O4S. The number of halogens is 1. The van der Waals surface area contributed by atoms with Crippen molar-refractivity contribution in [2.45, 2.75) is 25.7 Å². The van der Waals surface area contributed by atoms with Gasteiger partial charge in [-0.15, -0.1) is 0 Å². The Morgan fingerprint density at radius 2 is 2.00 bits per heavy atom. The van der Waals surface area contributed by atoms with E-state index in [1.54, 1.807) is 24.3 Å². The number of hydrogen-bond acceptors (Lipinski definition) is 4. The van der Waals surface area contributed by atoms with E-state index in [2.05, 4.69) is 5.32 Å². The quantitative estimate of drug-likeness (QED) is 0.673. The number of carbonyl (C=O) groups excluding carboxylic acids is 1. The second kappa shape index (κ2) is 7.43. The Hall–Kier alpha value is -2.87. The highest BCUT2D eigenvalue weighted by Gasteiger charge is 2.30. The zero-order valence-corrected chi connectivity index (χ0v) is 17.8. The molecule has 1 aromatic heterocycles. The molecule has 4 rings (SSSR count). The third-order valence-corrected chi connectivity index (χ3v) is 6.79. The van der Waals surface area contributed by atoms with Gasteiger partial charge in [0, 0.05) is 25.0 Å². The van der Waals surface area contributed by atoms with Crippen LogP contribution in [0, 0.1) is 5.82 Å². The van der Waals surface area contributed by atoms with Gasteiger partial charge in [0.05, 0.1) is 23.1 Å². The molecule has 1 N–H and O–H groups in total. The Bertz CT molecular complexity index is 1250. The maximum atomic E-state index is 14.5. The minimum atomic E-state index is -3.49. The van der Waals surface area contributed by atoms with Crippen molar-refractivity contribution in [3.8, 4) is 11.3 Å². The van der Waals surface area contributed by atoms with Gasteiger partial charge in [-0.25, -0.2) is 12.8 Å². The highest BCUT2D eigenvalue weighted by molar-refractivity contribution is 7.92. The standard InChI is InChI=1S/C22H23FN2O4S/c1-13-7-6-10-25(30(3,27)28)18-12-19-16(11-15(13)18)20(22(26)24-2)21(29-19)14-8-4-5-9-17(14)23/h4-5,8-9,11-13H,6-7,10H2,1-3H3,(H,24,26). The molecule has 1 unspecified atom stereocenters. The largest absolute Gasteiger partial charge is 0.455 e. The van der Waals surface area contributed by atoms with E-state index in [4.69, 9.17) is 4.42 Å². The fraction of sp³-hybridized carbons (Fsp3) is 0.318. The third kappa shape index (κ3) is 3.35. The molecule has 0 saturated heterocycles. The Morgan fingerprint density at radius 3 is 2.67 bits per heavy atom. The molecule has 1 aliphatic rings. The normalized spacial score (nSPS) is 16.9. The summed E-state index contributed by atoms with van der Waals surface area (Å²) in [7, 11) is -1.98. The van der Waals surface area contributed by atoms with E-state index < -0.39 is 21.7 Å². The first-order valence-electron chi connectivity index (χ1n) is 9.77. The summed E-state index contributed by atoms with van der Waals surface area (Å²) in [4.78, 5) is 12.7. The van der Waals surface area contributed by atoms with Crippen LogP contribution in [0.15, 0.2) is 40.8 Å². The zero-order valence-electron chi connectivity index (χ0n) is 17.0. The second-order valence-electron chi connectivity index (χ2n) is 7.65. The van der Waals surface area contributed by atoms with Crippen LogP contribution in [-0.4, -0.2) is 34.2 Å². The Labute approximate surface area is 174 Å². The summed E-state index contributed by atoms with van der Waals surface area (Å²) in [6, 6.07) is 9.56. The van der Waals surface area contributed by atoms with Crippen LogP contribution in [0.5, 0.6) is 0 Å². The average molecular weight is 431 g/mol.